The van der Waals surface area contributed by atoms with Gasteiger partial charge < -0.3 is 5.73 Å². The Morgan fingerprint density at radius 1 is 1.26 bits per heavy atom. The first-order valence-electron chi connectivity index (χ1n) is 6.58. The zero-order valence-electron chi connectivity index (χ0n) is 11.5. The maximum atomic E-state index is 12.2. The van der Waals surface area contributed by atoms with Gasteiger partial charge in [-0.05, 0) is 25.2 Å². The molecule has 0 aromatic heterocycles. The zero-order valence-corrected chi connectivity index (χ0v) is 13.1. The average Bonchev–Trinajstić information content (AvgIpc) is 2.26. The van der Waals surface area contributed by atoms with Gasteiger partial charge in [0, 0.05) is 12.6 Å². The Bertz CT molecular complexity index is 471. The van der Waals surface area contributed by atoms with Crippen molar-refractivity contribution in [3.63, 3.8) is 0 Å². The van der Waals surface area contributed by atoms with Crippen LogP contribution in [0.5, 0.6) is 0 Å². The number of sulfonamides is 1. The highest BCUT2D eigenvalue weighted by Crippen LogP contribution is 2.19. The fraction of sp³-hybridized carbons (Fsp3) is 1.00. The summed E-state index contributed by atoms with van der Waals surface area (Å²) < 4.78 is 49.6. The molecule has 1 aliphatic rings. The van der Waals surface area contributed by atoms with Gasteiger partial charge in [0.25, 0.3) is 0 Å². The van der Waals surface area contributed by atoms with Gasteiger partial charge in [-0.2, -0.15) is 0 Å². The smallest absolute Gasteiger partial charge is 0.214 e. The zero-order chi connectivity index (χ0) is 14.7. The summed E-state index contributed by atoms with van der Waals surface area (Å²) in [6, 6.07) is -0.275. The highest BCUT2D eigenvalue weighted by atomic mass is 32.2. The SMILES string of the molecule is CC(C)CC(CN)NS(=O)(=O)C1CCS(=O)(=O)CC1. The van der Waals surface area contributed by atoms with E-state index in [0.29, 0.717) is 12.3 Å². The topological polar surface area (TPSA) is 106 Å². The molecule has 1 rings (SSSR count). The van der Waals surface area contributed by atoms with Gasteiger partial charge in [0.05, 0.1) is 16.8 Å². The second-order valence-electron chi connectivity index (χ2n) is 5.58. The minimum atomic E-state index is -3.48. The number of nitrogens with one attached hydrogen (secondary N) is 1. The van der Waals surface area contributed by atoms with Crippen molar-refractivity contribution in [2.24, 2.45) is 11.7 Å². The molecule has 8 heteroatoms. The van der Waals surface area contributed by atoms with Crippen LogP contribution in [0.2, 0.25) is 0 Å². The third-order valence-electron chi connectivity index (χ3n) is 3.31. The molecule has 0 amide bonds. The van der Waals surface area contributed by atoms with Gasteiger partial charge in [-0.1, -0.05) is 13.8 Å². The fourth-order valence-electron chi connectivity index (χ4n) is 2.27. The molecular weight excluding hydrogens is 288 g/mol. The average molecular weight is 312 g/mol. The van der Waals surface area contributed by atoms with E-state index in [9.17, 15) is 16.8 Å². The van der Waals surface area contributed by atoms with Crippen LogP contribution in [0.15, 0.2) is 0 Å². The maximum Gasteiger partial charge on any atom is 0.214 e. The van der Waals surface area contributed by atoms with Crippen LogP contribution in [-0.2, 0) is 19.9 Å². The minimum absolute atomic E-state index is 0.0456. The van der Waals surface area contributed by atoms with Gasteiger partial charge in [-0.15, -0.1) is 0 Å². The molecule has 1 aliphatic heterocycles. The van der Waals surface area contributed by atoms with E-state index in [4.69, 9.17) is 5.73 Å². The van der Waals surface area contributed by atoms with E-state index in [0.717, 1.165) is 0 Å². The summed E-state index contributed by atoms with van der Waals surface area (Å²) in [5.41, 5.74) is 5.58. The molecule has 1 heterocycles. The van der Waals surface area contributed by atoms with E-state index in [1.165, 1.54) is 0 Å². The van der Waals surface area contributed by atoms with Crippen LogP contribution < -0.4 is 10.5 Å². The summed E-state index contributed by atoms with van der Waals surface area (Å²) in [5.74, 6) is 0.259. The lowest BCUT2D eigenvalue weighted by molar-refractivity contribution is 0.459. The van der Waals surface area contributed by atoms with E-state index < -0.39 is 25.1 Å². The molecule has 0 radical (unpaired) electrons. The van der Waals surface area contributed by atoms with Gasteiger partial charge in [0.1, 0.15) is 9.84 Å². The molecule has 1 atom stereocenters. The van der Waals surface area contributed by atoms with Crippen molar-refractivity contribution in [3.05, 3.63) is 0 Å². The fourth-order valence-corrected chi connectivity index (χ4v) is 5.76. The van der Waals surface area contributed by atoms with Gasteiger partial charge in [-0.25, -0.2) is 21.6 Å². The van der Waals surface area contributed by atoms with Crippen molar-refractivity contribution >= 4 is 19.9 Å². The minimum Gasteiger partial charge on any atom is -0.329 e. The van der Waals surface area contributed by atoms with Crippen LogP contribution in [-0.4, -0.2) is 46.2 Å². The number of rotatable bonds is 6. The molecule has 6 nitrogen and oxygen atoms in total. The lowest BCUT2D eigenvalue weighted by atomic mass is 10.1. The third-order valence-corrected chi connectivity index (χ3v) is 7.04. The van der Waals surface area contributed by atoms with Crippen LogP contribution in [0.1, 0.15) is 33.1 Å². The summed E-state index contributed by atoms with van der Waals surface area (Å²) in [6.07, 6.45) is 1.04. The maximum absolute atomic E-state index is 12.2. The Kier molecular flexibility index (Phi) is 5.78. The Hall–Kier alpha value is -0.180. The Morgan fingerprint density at radius 2 is 1.79 bits per heavy atom. The normalized spacial score (nSPS) is 22.5. The second-order valence-corrected chi connectivity index (χ2v) is 9.87. The highest BCUT2D eigenvalue weighted by Gasteiger charge is 2.33. The summed E-state index contributed by atoms with van der Waals surface area (Å²) in [7, 11) is -6.53. The molecular formula is C11H24N2O4S2. The molecule has 0 aromatic carbocycles. The second kappa shape index (κ2) is 6.51. The van der Waals surface area contributed by atoms with E-state index >= 15 is 0 Å². The molecule has 3 N–H and O–H groups in total. The highest BCUT2D eigenvalue weighted by molar-refractivity contribution is 7.92. The largest absolute Gasteiger partial charge is 0.329 e. The predicted octanol–water partition coefficient (Wildman–Crippen LogP) is -0.144. The summed E-state index contributed by atoms with van der Waals surface area (Å²) in [6.45, 7) is 4.26. The molecule has 114 valence electrons. The monoisotopic (exact) mass is 312 g/mol. The summed E-state index contributed by atoms with van der Waals surface area (Å²) >= 11 is 0. The molecule has 1 saturated heterocycles. The van der Waals surface area contributed by atoms with E-state index in [2.05, 4.69) is 4.72 Å². The van der Waals surface area contributed by atoms with Gasteiger partial charge in [0.15, 0.2) is 0 Å². The Labute approximate surface area is 116 Å². The third kappa shape index (κ3) is 5.37. The van der Waals surface area contributed by atoms with Crippen LogP contribution in [0, 0.1) is 5.92 Å². The molecule has 0 aliphatic carbocycles. The molecule has 0 saturated carbocycles. The molecule has 1 unspecified atom stereocenters. The van der Waals surface area contributed by atoms with Crippen LogP contribution in [0.25, 0.3) is 0 Å². The molecule has 0 aromatic rings. The van der Waals surface area contributed by atoms with Crippen molar-refractivity contribution in [1.29, 1.82) is 0 Å². The summed E-state index contributed by atoms with van der Waals surface area (Å²) in [4.78, 5) is 0. The van der Waals surface area contributed by atoms with Crippen LogP contribution in [0.4, 0.5) is 0 Å². The first kappa shape index (κ1) is 16.9. The van der Waals surface area contributed by atoms with Crippen molar-refractivity contribution < 1.29 is 16.8 Å². The number of hydrogen-bond acceptors (Lipinski definition) is 5. The van der Waals surface area contributed by atoms with Crippen molar-refractivity contribution in [2.75, 3.05) is 18.1 Å². The van der Waals surface area contributed by atoms with E-state index in [1.54, 1.807) is 0 Å². The summed E-state index contributed by atoms with van der Waals surface area (Å²) in [5, 5.41) is -0.614. The van der Waals surface area contributed by atoms with Gasteiger partial charge >= 0.3 is 0 Å². The number of nitrogens with two attached hydrogens (primary N) is 1. The molecule has 0 spiro atoms. The number of sulfone groups is 1. The first-order valence-corrected chi connectivity index (χ1v) is 9.94. The van der Waals surface area contributed by atoms with Crippen molar-refractivity contribution in [2.45, 2.75) is 44.4 Å². The van der Waals surface area contributed by atoms with Crippen LogP contribution >= 0.6 is 0 Å². The van der Waals surface area contributed by atoms with E-state index in [-0.39, 0.29) is 36.9 Å². The Morgan fingerprint density at radius 3 is 2.21 bits per heavy atom. The van der Waals surface area contributed by atoms with Gasteiger partial charge in [0.2, 0.25) is 10.0 Å². The Balaban J connectivity index is 2.65. The van der Waals surface area contributed by atoms with Crippen LogP contribution in [0.3, 0.4) is 0 Å². The molecule has 1 fully saturated rings. The van der Waals surface area contributed by atoms with E-state index in [1.807, 2.05) is 13.8 Å². The number of hydrogen-bond donors (Lipinski definition) is 2. The molecule has 19 heavy (non-hydrogen) atoms. The first-order chi connectivity index (χ1) is 8.66. The van der Waals surface area contributed by atoms with Gasteiger partial charge in [-0.3, -0.25) is 0 Å². The standard InChI is InChI=1S/C11H24N2O4S2/c1-9(2)7-10(8-12)13-19(16,17)11-3-5-18(14,15)6-4-11/h9-11,13H,3-8,12H2,1-2H3. The van der Waals surface area contributed by atoms with Crippen molar-refractivity contribution in [3.8, 4) is 0 Å². The lowest BCUT2D eigenvalue weighted by Crippen LogP contribution is -2.47. The lowest BCUT2D eigenvalue weighted by Gasteiger charge is -2.26. The quantitative estimate of drug-likeness (QED) is 0.710. The predicted molar refractivity (Wildman–Crippen MR) is 76.0 cm³/mol. The van der Waals surface area contributed by atoms with Crippen molar-refractivity contribution in [1.82, 2.24) is 4.72 Å². The molecule has 0 bridgehead atoms.